The molecule has 0 spiro atoms. The molecule has 32 heavy (non-hydrogen) atoms. The van der Waals surface area contributed by atoms with Crippen LogP contribution < -0.4 is 10.1 Å². The lowest BCUT2D eigenvalue weighted by molar-refractivity contribution is -0.384. The molecule has 2 aromatic carbocycles. The molecule has 0 saturated carbocycles. The summed E-state index contributed by atoms with van der Waals surface area (Å²) in [7, 11) is 0. The molecule has 0 saturated heterocycles. The third-order valence-electron chi connectivity index (χ3n) is 4.32. The Morgan fingerprint density at radius 2 is 1.97 bits per heavy atom. The second kappa shape index (κ2) is 10.2. The van der Waals surface area contributed by atoms with Gasteiger partial charge in [0.1, 0.15) is 5.82 Å². The standard InChI is InChI=1S/C20H19F2N5O4S/c1-3-26-19(12(2)31-17-9-4-13(21)10-16(17)22)24-25-20(26)32-11-18(28)23-14-5-7-15(8-6-14)27(29)30/h4-10,12H,3,11H2,1-2H3,(H,23,28). The molecular weight excluding hydrogens is 444 g/mol. The van der Waals surface area contributed by atoms with Crippen molar-refractivity contribution in [2.75, 3.05) is 11.1 Å². The van der Waals surface area contributed by atoms with Crippen LogP contribution in [0.2, 0.25) is 0 Å². The lowest BCUT2D eigenvalue weighted by Crippen LogP contribution is -2.15. The summed E-state index contributed by atoms with van der Waals surface area (Å²) in [6.07, 6.45) is -0.675. The van der Waals surface area contributed by atoms with Crippen LogP contribution in [0.15, 0.2) is 47.6 Å². The van der Waals surface area contributed by atoms with Gasteiger partial charge in [-0.15, -0.1) is 10.2 Å². The summed E-state index contributed by atoms with van der Waals surface area (Å²) >= 11 is 1.15. The Morgan fingerprint density at radius 3 is 2.59 bits per heavy atom. The minimum absolute atomic E-state index is 0.0248. The fraction of sp³-hybridized carbons (Fsp3) is 0.250. The van der Waals surface area contributed by atoms with E-state index in [2.05, 4.69) is 15.5 Å². The monoisotopic (exact) mass is 463 g/mol. The van der Waals surface area contributed by atoms with Gasteiger partial charge in [-0.05, 0) is 38.1 Å². The number of halogens is 2. The van der Waals surface area contributed by atoms with Crippen LogP contribution in [0, 0.1) is 21.7 Å². The molecule has 0 fully saturated rings. The van der Waals surface area contributed by atoms with Gasteiger partial charge in [-0.3, -0.25) is 14.9 Å². The van der Waals surface area contributed by atoms with Crippen LogP contribution in [0.25, 0.3) is 0 Å². The SMILES string of the molecule is CCn1c(SCC(=O)Nc2ccc([N+](=O)[O-])cc2)nnc1C(C)Oc1ccc(F)cc1F. The Labute approximate surface area is 185 Å². The number of rotatable bonds is 9. The van der Waals surface area contributed by atoms with Gasteiger partial charge in [0.15, 0.2) is 28.7 Å². The van der Waals surface area contributed by atoms with Crippen molar-refractivity contribution >= 4 is 29.0 Å². The number of ether oxygens (including phenoxy) is 1. The van der Waals surface area contributed by atoms with E-state index in [1.807, 2.05) is 6.92 Å². The van der Waals surface area contributed by atoms with Gasteiger partial charge < -0.3 is 14.6 Å². The maximum absolute atomic E-state index is 13.9. The van der Waals surface area contributed by atoms with E-state index >= 15 is 0 Å². The van der Waals surface area contributed by atoms with Crippen LogP contribution >= 0.6 is 11.8 Å². The number of hydrogen-bond donors (Lipinski definition) is 1. The van der Waals surface area contributed by atoms with Gasteiger partial charge in [0.25, 0.3) is 5.69 Å². The largest absolute Gasteiger partial charge is 0.480 e. The summed E-state index contributed by atoms with van der Waals surface area (Å²) in [4.78, 5) is 22.4. The minimum atomic E-state index is -0.822. The highest BCUT2D eigenvalue weighted by Gasteiger charge is 2.21. The number of carbonyl (C=O) groups excluding carboxylic acids is 1. The summed E-state index contributed by atoms with van der Waals surface area (Å²) in [6, 6.07) is 8.52. The predicted molar refractivity (Wildman–Crippen MR) is 114 cm³/mol. The molecular formula is C20H19F2N5O4S. The average Bonchev–Trinajstić information content (AvgIpc) is 3.17. The van der Waals surface area contributed by atoms with E-state index < -0.39 is 22.7 Å². The molecule has 1 heterocycles. The Hall–Kier alpha value is -3.54. The van der Waals surface area contributed by atoms with Crippen molar-refractivity contribution in [3.8, 4) is 5.75 Å². The van der Waals surface area contributed by atoms with E-state index in [1.54, 1.807) is 11.5 Å². The minimum Gasteiger partial charge on any atom is -0.480 e. The highest BCUT2D eigenvalue weighted by atomic mass is 32.2. The van der Waals surface area contributed by atoms with E-state index in [4.69, 9.17) is 4.74 Å². The number of aromatic nitrogens is 3. The third-order valence-corrected chi connectivity index (χ3v) is 5.28. The first kappa shape index (κ1) is 23.1. The van der Waals surface area contributed by atoms with Crippen LogP contribution in [0.1, 0.15) is 25.8 Å². The fourth-order valence-electron chi connectivity index (χ4n) is 2.81. The topological polar surface area (TPSA) is 112 Å². The van der Waals surface area contributed by atoms with Gasteiger partial charge in [-0.25, -0.2) is 8.78 Å². The zero-order valence-electron chi connectivity index (χ0n) is 17.1. The van der Waals surface area contributed by atoms with Gasteiger partial charge in [-0.2, -0.15) is 0 Å². The molecule has 1 atom stereocenters. The zero-order valence-corrected chi connectivity index (χ0v) is 17.9. The second-order valence-corrected chi connectivity index (χ2v) is 7.50. The van der Waals surface area contributed by atoms with E-state index in [0.29, 0.717) is 23.2 Å². The number of nitro benzene ring substituents is 1. The number of thioether (sulfide) groups is 1. The van der Waals surface area contributed by atoms with Crippen LogP contribution in [0.5, 0.6) is 5.75 Å². The van der Waals surface area contributed by atoms with Crippen LogP contribution in [-0.2, 0) is 11.3 Å². The van der Waals surface area contributed by atoms with E-state index in [-0.39, 0.29) is 23.1 Å². The van der Waals surface area contributed by atoms with Crippen LogP contribution in [0.4, 0.5) is 20.2 Å². The number of benzene rings is 2. The fourth-order valence-corrected chi connectivity index (χ4v) is 3.62. The van der Waals surface area contributed by atoms with Crippen molar-refractivity contribution < 1.29 is 23.2 Å². The van der Waals surface area contributed by atoms with Crippen molar-refractivity contribution in [1.82, 2.24) is 14.8 Å². The average molecular weight is 463 g/mol. The molecule has 1 unspecified atom stereocenters. The molecule has 1 N–H and O–H groups in total. The molecule has 0 aliphatic heterocycles. The quantitative estimate of drug-likeness (QED) is 0.285. The number of hydrogen-bond acceptors (Lipinski definition) is 7. The Balaban J connectivity index is 1.62. The molecule has 9 nitrogen and oxygen atoms in total. The normalized spacial score (nSPS) is 11.8. The Kier molecular flexibility index (Phi) is 7.36. The van der Waals surface area contributed by atoms with Crippen molar-refractivity contribution in [3.63, 3.8) is 0 Å². The molecule has 0 aliphatic carbocycles. The Morgan fingerprint density at radius 1 is 1.25 bits per heavy atom. The predicted octanol–water partition coefficient (Wildman–Crippen LogP) is 4.36. The van der Waals surface area contributed by atoms with Crippen LogP contribution in [-0.4, -0.2) is 31.3 Å². The van der Waals surface area contributed by atoms with E-state index in [0.717, 1.165) is 23.9 Å². The van der Waals surface area contributed by atoms with Gasteiger partial charge in [0.05, 0.1) is 10.7 Å². The highest BCUT2D eigenvalue weighted by Crippen LogP contribution is 2.27. The summed E-state index contributed by atoms with van der Waals surface area (Å²) in [6.45, 7) is 4.00. The first-order valence-electron chi connectivity index (χ1n) is 9.50. The smallest absolute Gasteiger partial charge is 0.269 e. The second-order valence-electron chi connectivity index (χ2n) is 6.56. The zero-order chi connectivity index (χ0) is 23.3. The molecule has 168 valence electrons. The van der Waals surface area contributed by atoms with E-state index in [1.165, 1.54) is 30.3 Å². The molecule has 3 rings (SSSR count). The van der Waals surface area contributed by atoms with Gasteiger partial charge >= 0.3 is 0 Å². The number of carbonyl (C=O) groups is 1. The maximum atomic E-state index is 13.9. The molecule has 1 amide bonds. The van der Waals surface area contributed by atoms with Crippen molar-refractivity contribution in [2.24, 2.45) is 0 Å². The summed E-state index contributed by atoms with van der Waals surface area (Å²) < 4.78 is 34.3. The molecule has 12 heteroatoms. The van der Waals surface area contributed by atoms with Crippen molar-refractivity contribution in [2.45, 2.75) is 31.7 Å². The first-order chi connectivity index (χ1) is 15.3. The van der Waals surface area contributed by atoms with Crippen molar-refractivity contribution in [1.29, 1.82) is 0 Å². The number of anilines is 1. The third kappa shape index (κ3) is 5.58. The number of nitrogens with zero attached hydrogens (tertiary/aromatic N) is 4. The molecule has 0 radical (unpaired) electrons. The lowest BCUT2D eigenvalue weighted by Gasteiger charge is -2.16. The number of nitrogens with one attached hydrogen (secondary N) is 1. The highest BCUT2D eigenvalue weighted by molar-refractivity contribution is 7.99. The van der Waals surface area contributed by atoms with Crippen LogP contribution in [0.3, 0.4) is 0 Å². The first-order valence-corrected chi connectivity index (χ1v) is 10.5. The summed E-state index contributed by atoms with van der Waals surface area (Å²) in [5.74, 6) is -1.51. The van der Waals surface area contributed by atoms with Gasteiger partial charge in [0.2, 0.25) is 5.91 Å². The maximum Gasteiger partial charge on any atom is 0.269 e. The number of amides is 1. The summed E-state index contributed by atoms with van der Waals surface area (Å²) in [5.41, 5.74) is 0.361. The van der Waals surface area contributed by atoms with Crippen molar-refractivity contribution in [3.05, 3.63) is 70.0 Å². The van der Waals surface area contributed by atoms with Gasteiger partial charge in [-0.1, -0.05) is 11.8 Å². The van der Waals surface area contributed by atoms with Gasteiger partial charge in [0, 0.05) is 30.4 Å². The number of non-ortho nitro benzene ring substituents is 1. The lowest BCUT2D eigenvalue weighted by atomic mass is 10.3. The molecule has 0 aliphatic rings. The Bertz CT molecular complexity index is 1120. The van der Waals surface area contributed by atoms with E-state index in [9.17, 15) is 23.7 Å². The number of nitro groups is 1. The molecule has 1 aromatic heterocycles. The molecule has 0 bridgehead atoms. The molecule has 3 aromatic rings. The summed E-state index contributed by atoms with van der Waals surface area (Å²) in [5, 5.41) is 22.0.